The van der Waals surface area contributed by atoms with E-state index in [-0.39, 0.29) is 0 Å². The Hall–Kier alpha value is -0.650. The molecule has 1 rings (SSSR count). The van der Waals surface area contributed by atoms with Crippen LogP contribution in [0.4, 0.5) is 0 Å². The highest BCUT2D eigenvalue weighted by molar-refractivity contribution is 5.77. The van der Waals surface area contributed by atoms with Crippen LogP contribution in [0.3, 0.4) is 0 Å². The fourth-order valence-electron chi connectivity index (χ4n) is 0.976. The smallest absolute Gasteiger partial charge is 0.338 e. The monoisotopic (exact) mass is 162 g/mol. The third kappa shape index (κ3) is 1.35. The predicted octanol–water partition coefficient (Wildman–Crippen LogP) is -1.99. The first-order chi connectivity index (χ1) is 5.04. The molecule has 5 heteroatoms. The summed E-state index contributed by atoms with van der Waals surface area (Å²) < 4.78 is 4.46. The first-order valence-electron chi connectivity index (χ1n) is 3.28. The van der Waals surface area contributed by atoms with Crippen molar-refractivity contribution in [2.45, 2.75) is 31.3 Å². The van der Waals surface area contributed by atoms with Crippen LogP contribution in [0.5, 0.6) is 0 Å². The van der Waals surface area contributed by atoms with Gasteiger partial charge in [-0.2, -0.15) is 0 Å². The summed E-state index contributed by atoms with van der Waals surface area (Å²) in [5, 5.41) is 26.8. The van der Waals surface area contributed by atoms with Gasteiger partial charge in [0.05, 0.1) is 6.10 Å². The number of ether oxygens (including phenoxy) is 1. The number of hydrogen-bond donors (Lipinski definition) is 3. The lowest BCUT2D eigenvalue weighted by molar-refractivity contribution is -0.150. The Morgan fingerprint density at radius 3 is 2.27 bits per heavy atom. The molecule has 1 aliphatic rings. The minimum absolute atomic E-state index is 0.886. The van der Waals surface area contributed by atoms with E-state index in [9.17, 15) is 4.79 Å². The van der Waals surface area contributed by atoms with E-state index < -0.39 is 30.4 Å². The minimum Gasteiger partial charge on any atom is -0.455 e. The van der Waals surface area contributed by atoms with Crippen LogP contribution in [-0.4, -0.2) is 45.7 Å². The van der Waals surface area contributed by atoms with Crippen LogP contribution >= 0.6 is 0 Å². The van der Waals surface area contributed by atoms with Crippen molar-refractivity contribution in [2.24, 2.45) is 0 Å². The number of carbonyl (C=O) groups is 1. The molecule has 1 fully saturated rings. The van der Waals surface area contributed by atoms with Crippen LogP contribution in [0.1, 0.15) is 6.92 Å². The maximum atomic E-state index is 10.6. The molecule has 0 unspecified atom stereocenters. The molecule has 0 aromatic heterocycles. The fourth-order valence-corrected chi connectivity index (χ4v) is 0.976. The highest BCUT2D eigenvalue weighted by Gasteiger charge is 2.44. The number of esters is 1. The van der Waals surface area contributed by atoms with Crippen LogP contribution < -0.4 is 0 Å². The SMILES string of the molecule is C[C@H](O)[C@@H]1OC(=O)[C@H](O)[C@@H]1O. The molecule has 64 valence electrons. The molecule has 3 N–H and O–H groups in total. The molecular weight excluding hydrogens is 152 g/mol. The normalized spacial score (nSPS) is 40.4. The second-order valence-corrected chi connectivity index (χ2v) is 2.58. The van der Waals surface area contributed by atoms with Crippen molar-refractivity contribution >= 4 is 5.97 Å². The van der Waals surface area contributed by atoms with E-state index in [2.05, 4.69) is 4.74 Å². The Morgan fingerprint density at radius 2 is 2.09 bits per heavy atom. The maximum Gasteiger partial charge on any atom is 0.338 e. The molecule has 5 nitrogen and oxygen atoms in total. The quantitative estimate of drug-likeness (QED) is 0.389. The number of hydrogen-bond acceptors (Lipinski definition) is 5. The molecule has 0 bridgehead atoms. The first kappa shape index (κ1) is 8.45. The molecule has 0 aliphatic carbocycles. The summed E-state index contributed by atoms with van der Waals surface area (Å²) in [4.78, 5) is 10.6. The minimum atomic E-state index is -1.52. The first-order valence-corrected chi connectivity index (χ1v) is 3.28. The molecule has 0 radical (unpaired) electrons. The van der Waals surface area contributed by atoms with Gasteiger partial charge in [0.15, 0.2) is 12.2 Å². The lowest BCUT2D eigenvalue weighted by Gasteiger charge is -2.15. The van der Waals surface area contributed by atoms with Crippen molar-refractivity contribution in [1.29, 1.82) is 0 Å². The van der Waals surface area contributed by atoms with Crippen molar-refractivity contribution in [2.75, 3.05) is 0 Å². The van der Waals surface area contributed by atoms with Crippen LogP contribution in [0.25, 0.3) is 0 Å². The fraction of sp³-hybridized carbons (Fsp3) is 0.833. The number of carbonyl (C=O) groups excluding carboxylic acids is 1. The summed E-state index contributed by atoms with van der Waals surface area (Å²) >= 11 is 0. The van der Waals surface area contributed by atoms with E-state index in [0.717, 1.165) is 0 Å². The van der Waals surface area contributed by atoms with Gasteiger partial charge in [0.1, 0.15) is 6.10 Å². The lowest BCUT2D eigenvalue weighted by atomic mass is 10.1. The van der Waals surface area contributed by atoms with Crippen LogP contribution in [0.15, 0.2) is 0 Å². The topological polar surface area (TPSA) is 87.0 Å². The van der Waals surface area contributed by atoms with Crippen molar-refractivity contribution in [3.8, 4) is 0 Å². The third-order valence-corrected chi connectivity index (χ3v) is 1.63. The molecule has 0 amide bonds. The zero-order valence-electron chi connectivity index (χ0n) is 5.97. The zero-order valence-corrected chi connectivity index (χ0v) is 5.97. The van der Waals surface area contributed by atoms with Crippen molar-refractivity contribution in [1.82, 2.24) is 0 Å². The van der Waals surface area contributed by atoms with Gasteiger partial charge in [-0.25, -0.2) is 4.79 Å². The van der Waals surface area contributed by atoms with Crippen molar-refractivity contribution < 1.29 is 24.9 Å². The average Bonchev–Trinajstić information content (AvgIpc) is 2.17. The summed E-state index contributed by atoms with van der Waals surface area (Å²) in [6.07, 6.45) is -4.80. The molecule has 1 aliphatic heterocycles. The second-order valence-electron chi connectivity index (χ2n) is 2.58. The second kappa shape index (κ2) is 2.77. The van der Waals surface area contributed by atoms with Gasteiger partial charge in [-0.05, 0) is 6.92 Å². The largest absolute Gasteiger partial charge is 0.455 e. The molecule has 0 spiro atoms. The number of cyclic esters (lactones) is 1. The van der Waals surface area contributed by atoms with Gasteiger partial charge in [0.2, 0.25) is 0 Å². The Labute approximate surface area is 63.2 Å². The van der Waals surface area contributed by atoms with Crippen molar-refractivity contribution in [3.63, 3.8) is 0 Å². The summed E-state index contributed by atoms with van der Waals surface area (Å²) in [7, 11) is 0. The molecule has 4 atom stereocenters. The number of aliphatic hydroxyl groups is 3. The summed E-state index contributed by atoms with van der Waals surface area (Å²) in [5.74, 6) is -0.886. The molecule has 1 saturated heterocycles. The highest BCUT2D eigenvalue weighted by atomic mass is 16.6. The van der Waals surface area contributed by atoms with Crippen LogP contribution in [0, 0.1) is 0 Å². The average molecular weight is 162 g/mol. The predicted molar refractivity (Wildman–Crippen MR) is 33.6 cm³/mol. The van der Waals surface area contributed by atoms with Crippen LogP contribution in [-0.2, 0) is 9.53 Å². The lowest BCUT2D eigenvalue weighted by Crippen LogP contribution is -2.37. The number of aliphatic hydroxyl groups excluding tert-OH is 3. The van der Waals surface area contributed by atoms with Gasteiger partial charge < -0.3 is 20.1 Å². The molecule has 0 saturated carbocycles. The van der Waals surface area contributed by atoms with Gasteiger partial charge in [0.25, 0.3) is 0 Å². The highest BCUT2D eigenvalue weighted by Crippen LogP contribution is 2.18. The van der Waals surface area contributed by atoms with Gasteiger partial charge in [-0.15, -0.1) is 0 Å². The van der Waals surface area contributed by atoms with E-state index in [4.69, 9.17) is 15.3 Å². The molecular formula is C6H10O5. The standard InChI is InChI=1S/C6H10O5/c1-2(7)5-3(8)4(9)6(10)11-5/h2-5,7-9H,1H3/t2-,3-,4+,5-/m0/s1. The maximum absolute atomic E-state index is 10.6. The van der Waals surface area contributed by atoms with Gasteiger partial charge in [-0.1, -0.05) is 0 Å². The van der Waals surface area contributed by atoms with E-state index in [1.54, 1.807) is 0 Å². The van der Waals surface area contributed by atoms with Gasteiger partial charge in [0, 0.05) is 0 Å². The van der Waals surface area contributed by atoms with E-state index in [1.807, 2.05) is 0 Å². The van der Waals surface area contributed by atoms with E-state index >= 15 is 0 Å². The summed E-state index contributed by atoms with van der Waals surface area (Å²) in [5.41, 5.74) is 0. The third-order valence-electron chi connectivity index (χ3n) is 1.63. The summed E-state index contributed by atoms with van der Waals surface area (Å²) in [6, 6.07) is 0. The van der Waals surface area contributed by atoms with Crippen LogP contribution in [0.2, 0.25) is 0 Å². The van der Waals surface area contributed by atoms with E-state index in [1.165, 1.54) is 6.92 Å². The molecule has 0 aromatic rings. The molecule has 0 aromatic carbocycles. The summed E-state index contributed by atoms with van der Waals surface area (Å²) in [6.45, 7) is 1.37. The van der Waals surface area contributed by atoms with Gasteiger partial charge >= 0.3 is 5.97 Å². The zero-order chi connectivity index (χ0) is 8.59. The number of rotatable bonds is 1. The van der Waals surface area contributed by atoms with E-state index in [0.29, 0.717) is 0 Å². The Kier molecular flexibility index (Phi) is 2.12. The van der Waals surface area contributed by atoms with Gasteiger partial charge in [-0.3, -0.25) is 0 Å². The Morgan fingerprint density at radius 1 is 1.55 bits per heavy atom. The Balaban J connectivity index is 2.67. The molecule has 11 heavy (non-hydrogen) atoms. The Bertz CT molecular complexity index is 166. The van der Waals surface area contributed by atoms with Crippen molar-refractivity contribution in [3.05, 3.63) is 0 Å². The molecule has 1 heterocycles.